The predicted octanol–water partition coefficient (Wildman–Crippen LogP) is 10.5. The van der Waals surface area contributed by atoms with E-state index in [0.29, 0.717) is 72.0 Å². The third-order valence-corrected chi connectivity index (χ3v) is 17.5. The van der Waals surface area contributed by atoms with Crippen molar-refractivity contribution >= 4 is 57.8 Å². The Bertz CT molecular complexity index is 2870. The summed E-state index contributed by atoms with van der Waals surface area (Å²) in [6.45, 7) is 11.0. The standard InChI is InChI=1S/C53H57N7O5Si/c1-37-25-28-45-43(35-57-60(45)48-24-16-17-30-63-48)50(37)65-52-49-44(55-36-56-51(49)54-34-38-26-27-40(61-5)32-46(38)62-6)33-47(58-52)59(39-18-10-7-11-19-39)29-31-64-66(53(2,3)4,41-20-12-8-13-21-41)42-22-14-9-15-23-42/h7-15,18-23,25-28,32-33,35-36,48H,16-17,24,29-31,34H2,1-6H3,(H,54,55,56). The number of hydrogen-bond acceptors (Lipinski definition) is 11. The van der Waals surface area contributed by atoms with Crippen molar-refractivity contribution in [1.29, 1.82) is 0 Å². The van der Waals surface area contributed by atoms with Crippen molar-refractivity contribution in [3.05, 3.63) is 151 Å². The van der Waals surface area contributed by atoms with E-state index in [4.69, 9.17) is 43.4 Å². The van der Waals surface area contributed by atoms with Gasteiger partial charge in [0.2, 0.25) is 5.88 Å². The van der Waals surface area contributed by atoms with Gasteiger partial charge in [-0.05, 0) is 77.5 Å². The third kappa shape index (κ3) is 8.81. The van der Waals surface area contributed by atoms with Crippen molar-refractivity contribution in [1.82, 2.24) is 24.7 Å². The minimum atomic E-state index is -2.86. The van der Waals surface area contributed by atoms with Gasteiger partial charge in [-0.1, -0.05) is 106 Å². The van der Waals surface area contributed by atoms with Crippen LogP contribution in [0.25, 0.3) is 21.8 Å². The average Bonchev–Trinajstić information content (AvgIpc) is 3.79. The second-order valence-electron chi connectivity index (χ2n) is 17.6. The van der Waals surface area contributed by atoms with Crippen molar-refractivity contribution in [2.24, 2.45) is 0 Å². The van der Waals surface area contributed by atoms with Gasteiger partial charge in [-0.2, -0.15) is 10.1 Å². The lowest BCUT2D eigenvalue weighted by Crippen LogP contribution is -2.67. The van der Waals surface area contributed by atoms with Crippen LogP contribution in [0.1, 0.15) is 57.4 Å². The van der Waals surface area contributed by atoms with Gasteiger partial charge >= 0.3 is 0 Å². The summed E-state index contributed by atoms with van der Waals surface area (Å²) < 4.78 is 34.0. The summed E-state index contributed by atoms with van der Waals surface area (Å²) in [6.07, 6.45) is 6.33. The highest BCUT2D eigenvalue weighted by Crippen LogP contribution is 2.42. The molecule has 1 aliphatic rings. The molecule has 1 atom stereocenters. The monoisotopic (exact) mass is 899 g/mol. The maximum Gasteiger partial charge on any atom is 0.261 e. The molecule has 9 rings (SSSR count). The van der Waals surface area contributed by atoms with Gasteiger partial charge in [0.05, 0.1) is 43.4 Å². The summed E-state index contributed by atoms with van der Waals surface area (Å²) in [5, 5.41) is 12.2. The molecule has 1 aliphatic heterocycles. The van der Waals surface area contributed by atoms with E-state index in [1.54, 1.807) is 20.5 Å². The Morgan fingerprint density at radius 2 is 1.56 bits per heavy atom. The quantitative estimate of drug-likeness (QED) is 0.0934. The van der Waals surface area contributed by atoms with Crippen molar-refractivity contribution in [3.8, 4) is 23.1 Å². The number of nitrogens with one attached hydrogen (secondary N) is 1. The second kappa shape index (κ2) is 19.3. The van der Waals surface area contributed by atoms with Crippen molar-refractivity contribution < 1.29 is 23.4 Å². The number of ether oxygens (including phenoxy) is 4. The van der Waals surface area contributed by atoms with Crippen LogP contribution in [0.5, 0.6) is 23.1 Å². The Kier molecular flexibility index (Phi) is 13.0. The summed E-state index contributed by atoms with van der Waals surface area (Å²) in [5.41, 5.74) is 4.38. The molecule has 0 amide bonds. The maximum atomic E-state index is 7.46. The van der Waals surface area contributed by atoms with Gasteiger partial charge in [-0.15, -0.1) is 0 Å². The minimum absolute atomic E-state index is 0.140. The molecule has 5 aromatic carbocycles. The normalized spacial score (nSPS) is 14.3. The zero-order valence-electron chi connectivity index (χ0n) is 38.5. The van der Waals surface area contributed by atoms with E-state index in [2.05, 4.69) is 116 Å². The second-order valence-corrected chi connectivity index (χ2v) is 21.9. The first-order valence-corrected chi connectivity index (χ1v) is 24.5. The Balaban J connectivity index is 1.15. The molecule has 1 unspecified atom stereocenters. The molecule has 1 fully saturated rings. The zero-order valence-corrected chi connectivity index (χ0v) is 39.5. The molecule has 0 spiro atoms. The Morgan fingerprint density at radius 3 is 2.23 bits per heavy atom. The number of aromatic nitrogens is 5. The van der Waals surface area contributed by atoms with E-state index in [-0.39, 0.29) is 11.3 Å². The van der Waals surface area contributed by atoms with Crippen LogP contribution in [0, 0.1) is 6.92 Å². The summed E-state index contributed by atoms with van der Waals surface area (Å²) >= 11 is 0. The van der Waals surface area contributed by atoms with Gasteiger partial charge in [-0.3, -0.25) is 0 Å². The molecule has 0 radical (unpaired) electrons. The first-order chi connectivity index (χ1) is 32.2. The molecule has 4 heterocycles. The van der Waals surface area contributed by atoms with E-state index in [0.717, 1.165) is 47.0 Å². The summed E-state index contributed by atoms with van der Waals surface area (Å²) in [7, 11) is 0.435. The largest absolute Gasteiger partial charge is 0.497 e. The van der Waals surface area contributed by atoms with Gasteiger partial charge in [-0.25, -0.2) is 14.6 Å². The minimum Gasteiger partial charge on any atom is -0.497 e. The molecule has 12 nitrogen and oxygen atoms in total. The third-order valence-electron chi connectivity index (χ3n) is 12.5. The number of nitrogens with zero attached hydrogens (tertiary/aromatic N) is 6. The molecular weight excluding hydrogens is 843 g/mol. The molecule has 0 bridgehead atoms. The fourth-order valence-corrected chi connectivity index (χ4v) is 13.7. The van der Waals surface area contributed by atoms with Crippen molar-refractivity contribution in [3.63, 3.8) is 0 Å². The predicted molar refractivity (Wildman–Crippen MR) is 265 cm³/mol. The van der Waals surface area contributed by atoms with E-state index in [9.17, 15) is 0 Å². The lowest BCUT2D eigenvalue weighted by atomic mass is 10.1. The van der Waals surface area contributed by atoms with Crippen LogP contribution in [-0.2, 0) is 15.7 Å². The first-order valence-electron chi connectivity index (χ1n) is 22.6. The van der Waals surface area contributed by atoms with Gasteiger partial charge in [0.1, 0.15) is 40.6 Å². The highest BCUT2D eigenvalue weighted by molar-refractivity contribution is 6.99. The van der Waals surface area contributed by atoms with E-state index >= 15 is 0 Å². The number of pyridine rings is 1. The first kappa shape index (κ1) is 44.4. The highest BCUT2D eigenvalue weighted by Gasteiger charge is 2.50. The summed E-state index contributed by atoms with van der Waals surface area (Å²) in [6, 6.07) is 43.7. The van der Waals surface area contributed by atoms with Gasteiger partial charge in [0, 0.05) is 43.1 Å². The summed E-state index contributed by atoms with van der Waals surface area (Å²) in [5.74, 6) is 3.60. The van der Waals surface area contributed by atoms with Crippen LogP contribution in [-0.4, -0.2) is 67.0 Å². The van der Waals surface area contributed by atoms with Gasteiger partial charge in [0.25, 0.3) is 8.32 Å². The molecular formula is C53H57N7O5Si. The molecule has 66 heavy (non-hydrogen) atoms. The lowest BCUT2D eigenvalue weighted by molar-refractivity contribution is -0.0366. The number of benzene rings is 5. The van der Waals surface area contributed by atoms with Gasteiger partial charge < -0.3 is 33.6 Å². The molecule has 338 valence electrons. The Labute approximate surface area is 387 Å². The van der Waals surface area contributed by atoms with Crippen molar-refractivity contribution in [2.75, 3.05) is 44.2 Å². The lowest BCUT2D eigenvalue weighted by Gasteiger charge is -2.43. The van der Waals surface area contributed by atoms with Crippen LogP contribution in [0.15, 0.2) is 140 Å². The fourth-order valence-electron chi connectivity index (χ4n) is 9.18. The molecule has 3 aromatic heterocycles. The zero-order chi connectivity index (χ0) is 45.7. The van der Waals surface area contributed by atoms with E-state index < -0.39 is 8.32 Å². The summed E-state index contributed by atoms with van der Waals surface area (Å²) in [4.78, 5) is 17.3. The fraction of sp³-hybridized carbons (Fsp3) is 0.283. The van der Waals surface area contributed by atoms with E-state index in [1.807, 2.05) is 60.3 Å². The molecule has 8 aromatic rings. The number of anilines is 3. The Hall–Kier alpha value is -6.80. The van der Waals surface area contributed by atoms with Crippen LogP contribution in [0.3, 0.4) is 0 Å². The number of aryl methyl sites for hydroxylation is 1. The average molecular weight is 900 g/mol. The van der Waals surface area contributed by atoms with Crippen LogP contribution < -0.4 is 34.8 Å². The Morgan fingerprint density at radius 1 is 0.833 bits per heavy atom. The van der Waals surface area contributed by atoms with Crippen LogP contribution in [0.2, 0.25) is 5.04 Å². The van der Waals surface area contributed by atoms with Crippen molar-refractivity contribution in [2.45, 2.75) is 64.8 Å². The number of fused-ring (bicyclic) bond motifs is 2. The number of methoxy groups -OCH3 is 2. The number of hydrogen-bond donors (Lipinski definition) is 1. The molecule has 0 saturated carbocycles. The number of rotatable bonds is 16. The number of para-hydroxylation sites is 1. The van der Waals surface area contributed by atoms with E-state index in [1.165, 1.54) is 10.4 Å². The maximum absolute atomic E-state index is 7.46. The smallest absolute Gasteiger partial charge is 0.261 e. The molecule has 0 aliphatic carbocycles. The molecule has 13 heteroatoms. The topological polar surface area (TPSA) is 118 Å². The molecule has 1 saturated heterocycles. The van der Waals surface area contributed by atoms with Gasteiger partial charge in [0.15, 0.2) is 6.23 Å². The highest BCUT2D eigenvalue weighted by atomic mass is 28.4. The SMILES string of the molecule is COc1ccc(CNc2ncnc3cc(N(CCO[Si](c4ccccc4)(c4ccccc4)C(C)(C)C)c4ccccc4)nc(Oc4c(C)ccc5c4cnn5C4CCCCO4)c23)c(OC)c1. The van der Waals surface area contributed by atoms with Crippen LogP contribution >= 0.6 is 0 Å². The van der Waals surface area contributed by atoms with Crippen LogP contribution in [0.4, 0.5) is 17.3 Å². The molecule has 1 N–H and O–H groups in total.